The maximum atomic E-state index is 12.5. The molecule has 2 atom stereocenters. The van der Waals surface area contributed by atoms with E-state index in [0.717, 1.165) is 25.7 Å². The van der Waals surface area contributed by atoms with Gasteiger partial charge in [-0.25, -0.2) is 18.4 Å². The van der Waals surface area contributed by atoms with Gasteiger partial charge in [0.1, 0.15) is 0 Å². The van der Waals surface area contributed by atoms with Crippen molar-refractivity contribution in [2.75, 3.05) is 0 Å². The number of hydrogen-bond donors (Lipinski definition) is 0. The van der Waals surface area contributed by atoms with Crippen molar-refractivity contribution < 1.29 is 8.42 Å². The number of sulfone groups is 1. The van der Waals surface area contributed by atoms with Crippen molar-refractivity contribution in [2.24, 2.45) is 5.92 Å². The lowest BCUT2D eigenvalue weighted by Crippen LogP contribution is -2.33. The van der Waals surface area contributed by atoms with Crippen LogP contribution in [0.1, 0.15) is 32.1 Å². The molecule has 5 heteroatoms. The van der Waals surface area contributed by atoms with Gasteiger partial charge >= 0.3 is 0 Å². The van der Waals surface area contributed by atoms with Gasteiger partial charge in [0.2, 0.25) is 15.0 Å². The second-order valence-corrected chi connectivity index (χ2v) is 6.74. The molecule has 0 radical (unpaired) electrons. The molecule has 1 aliphatic rings. The molecule has 0 N–H and O–H groups in total. The summed E-state index contributed by atoms with van der Waals surface area (Å²) in [5.74, 6) is 0.157. The number of rotatable bonds is 4. The minimum Gasteiger partial charge on any atom is -0.227 e. The number of nitrogens with zero attached hydrogens (tertiary/aromatic N) is 2. The molecule has 0 amide bonds. The first kappa shape index (κ1) is 13.2. The Morgan fingerprint density at radius 2 is 1.94 bits per heavy atom. The van der Waals surface area contributed by atoms with Crippen LogP contribution in [0.5, 0.6) is 0 Å². The van der Waals surface area contributed by atoms with Crippen LogP contribution in [0.3, 0.4) is 0 Å². The van der Waals surface area contributed by atoms with Gasteiger partial charge in [0.25, 0.3) is 0 Å². The van der Waals surface area contributed by atoms with Crippen molar-refractivity contribution in [1.29, 1.82) is 0 Å². The maximum absolute atomic E-state index is 12.5. The highest BCUT2D eigenvalue weighted by Gasteiger charge is 2.37. The monoisotopic (exact) mass is 266 g/mol. The highest BCUT2D eigenvalue weighted by molar-refractivity contribution is 7.91. The Morgan fingerprint density at radius 1 is 1.28 bits per heavy atom. The fourth-order valence-corrected chi connectivity index (χ4v) is 4.55. The molecule has 2 rings (SSSR count). The number of allylic oxidation sites excluding steroid dienone is 1. The molecule has 1 fully saturated rings. The molecule has 0 bridgehead atoms. The third kappa shape index (κ3) is 2.61. The van der Waals surface area contributed by atoms with Crippen LogP contribution in [0.15, 0.2) is 36.3 Å². The van der Waals surface area contributed by atoms with E-state index in [2.05, 4.69) is 16.5 Å². The highest BCUT2D eigenvalue weighted by atomic mass is 32.2. The van der Waals surface area contributed by atoms with E-state index < -0.39 is 9.84 Å². The maximum Gasteiger partial charge on any atom is 0.247 e. The van der Waals surface area contributed by atoms with E-state index in [4.69, 9.17) is 0 Å². The Labute approximate surface area is 108 Å². The summed E-state index contributed by atoms with van der Waals surface area (Å²) < 4.78 is 25.0. The molecule has 0 aromatic carbocycles. The third-order valence-corrected chi connectivity index (χ3v) is 5.64. The first-order valence-corrected chi connectivity index (χ1v) is 7.82. The Kier molecular flexibility index (Phi) is 4.11. The predicted molar refractivity (Wildman–Crippen MR) is 69.8 cm³/mol. The summed E-state index contributed by atoms with van der Waals surface area (Å²) in [6.07, 6.45) is 9.23. The Balaban J connectivity index is 2.30. The van der Waals surface area contributed by atoms with Crippen molar-refractivity contribution in [3.05, 3.63) is 31.1 Å². The van der Waals surface area contributed by atoms with E-state index in [-0.39, 0.29) is 16.3 Å². The fraction of sp³-hybridized carbons (Fsp3) is 0.538. The summed E-state index contributed by atoms with van der Waals surface area (Å²) in [6, 6.07) is 1.63. The molecule has 1 aromatic rings. The molecule has 0 unspecified atom stereocenters. The van der Waals surface area contributed by atoms with E-state index >= 15 is 0 Å². The average Bonchev–Trinajstić information content (AvgIpc) is 2.41. The minimum absolute atomic E-state index is 0.0361. The largest absolute Gasteiger partial charge is 0.247 e. The Morgan fingerprint density at radius 3 is 2.61 bits per heavy atom. The smallest absolute Gasteiger partial charge is 0.227 e. The van der Waals surface area contributed by atoms with Gasteiger partial charge in [-0.05, 0) is 31.2 Å². The van der Waals surface area contributed by atoms with E-state index in [1.807, 2.05) is 6.08 Å². The standard InChI is InChI=1S/C13H18N2O2S/c1-2-6-11-7-3-4-8-12(11)18(16,17)13-14-9-5-10-15-13/h2,5,9-12H,1,3-4,6-8H2/t11-,12-/m1/s1. The molecule has 98 valence electrons. The van der Waals surface area contributed by atoms with E-state index in [0.29, 0.717) is 6.42 Å². The van der Waals surface area contributed by atoms with Crippen LogP contribution in [0.4, 0.5) is 0 Å². The highest BCUT2D eigenvalue weighted by Crippen LogP contribution is 2.34. The molecular weight excluding hydrogens is 248 g/mol. The lowest BCUT2D eigenvalue weighted by molar-refractivity contribution is 0.358. The molecule has 18 heavy (non-hydrogen) atoms. The van der Waals surface area contributed by atoms with Crippen LogP contribution in [-0.4, -0.2) is 23.6 Å². The molecule has 1 saturated carbocycles. The van der Waals surface area contributed by atoms with Gasteiger partial charge in [0.05, 0.1) is 5.25 Å². The third-order valence-electron chi connectivity index (χ3n) is 3.50. The molecular formula is C13H18N2O2S. The lowest BCUT2D eigenvalue weighted by Gasteiger charge is -2.29. The number of hydrogen-bond acceptors (Lipinski definition) is 4. The zero-order chi connectivity index (χ0) is 13.0. The van der Waals surface area contributed by atoms with Gasteiger partial charge in [0, 0.05) is 12.4 Å². The van der Waals surface area contributed by atoms with Crippen molar-refractivity contribution in [1.82, 2.24) is 9.97 Å². The van der Waals surface area contributed by atoms with Crippen molar-refractivity contribution in [3.63, 3.8) is 0 Å². The SMILES string of the molecule is C=CC[C@@H]1CCCC[C@H]1S(=O)(=O)c1ncccn1. The molecule has 4 nitrogen and oxygen atoms in total. The molecule has 1 aliphatic carbocycles. The van der Waals surface area contributed by atoms with Gasteiger partial charge in [-0.15, -0.1) is 6.58 Å². The molecule has 1 aromatic heterocycles. The summed E-state index contributed by atoms with van der Waals surface area (Å²) in [5.41, 5.74) is 0. The van der Waals surface area contributed by atoms with Gasteiger partial charge < -0.3 is 0 Å². The Bertz CT molecular complexity index is 499. The van der Waals surface area contributed by atoms with Crippen LogP contribution >= 0.6 is 0 Å². The first-order chi connectivity index (χ1) is 8.66. The first-order valence-electron chi connectivity index (χ1n) is 6.28. The summed E-state index contributed by atoms with van der Waals surface area (Å²) in [6.45, 7) is 3.72. The normalized spacial score (nSPS) is 24.7. The van der Waals surface area contributed by atoms with E-state index in [9.17, 15) is 8.42 Å². The molecule has 1 heterocycles. The van der Waals surface area contributed by atoms with Crippen LogP contribution in [0, 0.1) is 5.92 Å². The topological polar surface area (TPSA) is 59.9 Å². The summed E-state index contributed by atoms with van der Waals surface area (Å²) in [4.78, 5) is 7.79. The quantitative estimate of drug-likeness (QED) is 0.620. The molecule has 0 aliphatic heterocycles. The van der Waals surface area contributed by atoms with Gasteiger partial charge in [0.15, 0.2) is 0 Å². The zero-order valence-electron chi connectivity index (χ0n) is 10.3. The number of aromatic nitrogens is 2. The summed E-state index contributed by atoms with van der Waals surface area (Å²) >= 11 is 0. The van der Waals surface area contributed by atoms with E-state index in [1.54, 1.807) is 6.07 Å². The lowest BCUT2D eigenvalue weighted by atomic mass is 9.86. The van der Waals surface area contributed by atoms with Crippen LogP contribution in [-0.2, 0) is 9.84 Å². The molecule has 0 spiro atoms. The fourth-order valence-electron chi connectivity index (χ4n) is 2.63. The second-order valence-electron chi connectivity index (χ2n) is 4.68. The van der Waals surface area contributed by atoms with Crippen molar-refractivity contribution in [3.8, 4) is 0 Å². The minimum atomic E-state index is -3.40. The van der Waals surface area contributed by atoms with Crippen LogP contribution in [0.2, 0.25) is 0 Å². The van der Waals surface area contributed by atoms with Gasteiger partial charge in [-0.1, -0.05) is 18.9 Å². The van der Waals surface area contributed by atoms with Gasteiger partial charge in [-0.3, -0.25) is 0 Å². The Hall–Kier alpha value is -1.23. The van der Waals surface area contributed by atoms with Gasteiger partial charge in [-0.2, -0.15) is 0 Å². The van der Waals surface area contributed by atoms with Crippen LogP contribution < -0.4 is 0 Å². The summed E-state index contributed by atoms with van der Waals surface area (Å²) in [7, 11) is -3.40. The van der Waals surface area contributed by atoms with Crippen molar-refractivity contribution in [2.45, 2.75) is 42.5 Å². The van der Waals surface area contributed by atoms with Crippen LogP contribution in [0.25, 0.3) is 0 Å². The summed E-state index contributed by atoms with van der Waals surface area (Å²) in [5, 5.41) is -0.391. The average molecular weight is 266 g/mol. The van der Waals surface area contributed by atoms with Crippen molar-refractivity contribution >= 4 is 9.84 Å². The van der Waals surface area contributed by atoms with E-state index in [1.165, 1.54) is 12.4 Å². The molecule has 0 saturated heterocycles. The second kappa shape index (κ2) is 5.61. The predicted octanol–water partition coefficient (Wildman–Crippen LogP) is 2.39. The zero-order valence-corrected chi connectivity index (χ0v) is 11.1.